The number of carbonyl (C=O) groups is 2. The molecule has 0 fully saturated rings. The van der Waals surface area contributed by atoms with E-state index >= 15 is 0 Å². The van der Waals surface area contributed by atoms with Crippen LogP contribution in [0.2, 0.25) is 5.02 Å². The number of unbranched alkanes of at least 4 members (excludes halogenated alkanes) is 9. The van der Waals surface area contributed by atoms with Gasteiger partial charge in [0.2, 0.25) is 12.0 Å². The number of carbonyl (C=O) groups excluding carboxylic acids is 2. The number of hydrogen-bond donors (Lipinski definition) is 1. The number of anilines is 2. The van der Waals surface area contributed by atoms with Gasteiger partial charge in [0, 0.05) is 16.5 Å². The van der Waals surface area contributed by atoms with Gasteiger partial charge >= 0.3 is 0 Å². The van der Waals surface area contributed by atoms with E-state index in [0.717, 1.165) is 37.7 Å². The Bertz CT molecular complexity index is 1720. The molecule has 1 N–H and O–H groups in total. The number of aryl methyl sites for hydroxylation is 1. The molecule has 0 saturated carbocycles. The SMILES string of the molecule is CCCCCCCCCCCCS(=O)(=O)c1ccc(C2=NN(c3ccc(Cl)cc3NC(=O)C(CC)CCC)C(=O)C2Oc2ccc(C)cc2)cc1. The molecule has 51 heavy (non-hydrogen) atoms. The lowest BCUT2D eigenvalue weighted by molar-refractivity contribution is -0.122. The minimum absolute atomic E-state index is 0.0947. The number of benzene rings is 3. The van der Waals surface area contributed by atoms with E-state index in [9.17, 15) is 18.0 Å². The molecule has 0 aliphatic carbocycles. The molecule has 2 amide bonds. The topological polar surface area (TPSA) is 105 Å². The Kier molecular flexibility index (Phi) is 15.6. The molecule has 1 heterocycles. The molecular weight excluding hydrogens is 682 g/mol. The highest BCUT2D eigenvalue weighted by atomic mass is 35.5. The maximum atomic E-state index is 14.1. The summed E-state index contributed by atoms with van der Waals surface area (Å²) in [6, 6.07) is 18.8. The number of rotatable bonds is 21. The van der Waals surface area contributed by atoms with Crippen LogP contribution < -0.4 is 15.1 Å². The van der Waals surface area contributed by atoms with Crippen LogP contribution in [0, 0.1) is 12.8 Å². The molecule has 1 aliphatic heterocycles. The van der Waals surface area contributed by atoms with Gasteiger partial charge < -0.3 is 10.1 Å². The van der Waals surface area contributed by atoms with Gasteiger partial charge in [-0.3, -0.25) is 9.59 Å². The minimum Gasteiger partial charge on any atom is -0.474 e. The Morgan fingerprint density at radius 3 is 2.10 bits per heavy atom. The lowest BCUT2D eigenvalue weighted by Crippen LogP contribution is -2.37. The third-order valence-corrected chi connectivity index (χ3v) is 11.4. The van der Waals surface area contributed by atoms with Crippen molar-refractivity contribution in [3.8, 4) is 5.75 Å². The van der Waals surface area contributed by atoms with Crippen LogP contribution in [-0.2, 0) is 19.4 Å². The van der Waals surface area contributed by atoms with Crippen molar-refractivity contribution < 1.29 is 22.7 Å². The number of nitrogens with one attached hydrogen (secondary N) is 1. The molecule has 4 rings (SSSR count). The highest BCUT2D eigenvalue weighted by Gasteiger charge is 2.40. The average Bonchev–Trinajstić information content (AvgIpc) is 3.43. The smallest absolute Gasteiger partial charge is 0.294 e. The maximum Gasteiger partial charge on any atom is 0.294 e. The van der Waals surface area contributed by atoms with Crippen molar-refractivity contribution in [1.82, 2.24) is 0 Å². The number of amides is 2. The van der Waals surface area contributed by atoms with Gasteiger partial charge in [-0.05, 0) is 68.7 Å². The highest BCUT2D eigenvalue weighted by Crippen LogP contribution is 2.35. The van der Waals surface area contributed by atoms with Crippen molar-refractivity contribution in [3.63, 3.8) is 0 Å². The van der Waals surface area contributed by atoms with E-state index in [1.54, 1.807) is 54.6 Å². The van der Waals surface area contributed by atoms with E-state index in [0.29, 0.717) is 46.3 Å². The molecule has 3 aromatic carbocycles. The fraction of sp³-hybridized carbons (Fsp3) is 0.488. The minimum atomic E-state index is -3.48. The first-order valence-electron chi connectivity index (χ1n) is 18.7. The van der Waals surface area contributed by atoms with Crippen molar-refractivity contribution in [2.24, 2.45) is 11.0 Å². The summed E-state index contributed by atoms with van der Waals surface area (Å²) in [7, 11) is -3.48. The molecule has 1 aliphatic rings. The van der Waals surface area contributed by atoms with Gasteiger partial charge in [-0.2, -0.15) is 10.1 Å². The van der Waals surface area contributed by atoms with Gasteiger partial charge in [0.15, 0.2) is 9.84 Å². The monoisotopic (exact) mass is 735 g/mol. The Morgan fingerprint density at radius 1 is 0.863 bits per heavy atom. The Morgan fingerprint density at radius 2 is 1.49 bits per heavy atom. The van der Waals surface area contributed by atoms with Crippen LogP contribution in [0.15, 0.2) is 76.7 Å². The van der Waals surface area contributed by atoms with Gasteiger partial charge in [0.05, 0.1) is 22.0 Å². The van der Waals surface area contributed by atoms with Crippen molar-refractivity contribution in [2.75, 3.05) is 16.1 Å². The number of hydrogen-bond acceptors (Lipinski definition) is 6. The summed E-state index contributed by atoms with van der Waals surface area (Å²) in [5.74, 6) is -0.216. The first-order chi connectivity index (χ1) is 24.6. The summed E-state index contributed by atoms with van der Waals surface area (Å²) in [6.07, 6.45) is 12.5. The standard InChI is InChI=1S/C41H54ClN3O5S/c1-5-8-9-10-11-12-13-14-15-16-28-51(48,49)35-25-20-32(21-26-35)38-39(50-34-23-18-30(4)19-24-34)41(47)45(44-38)37-27-22-33(42)29-36(37)43-40(46)31(7-3)17-6-2/h18-27,29,31,39H,5-17,28H2,1-4H3,(H,43,46). The van der Waals surface area contributed by atoms with Gasteiger partial charge in [-0.15, -0.1) is 0 Å². The summed E-state index contributed by atoms with van der Waals surface area (Å²) in [4.78, 5) is 27.6. The number of halogens is 1. The molecule has 0 bridgehead atoms. The third-order valence-electron chi connectivity index (χ3n) is 9.39. The van der Waals surface area contributed by atoms with Crippen LogP contribution in [0.1, 0.15) is 115 Å². The van der Waals surface area contributed by atoms with Crippen molar-refractivity contribution >= 4 is 50.3 Å². The quantitative estimate of drug-likeness (QED) is 0.110. The zero-order valence-electron chi connectivity index (χ0n) is 30.6. The van der Waals surface area contributed by atoms with Crippen LogP contribution in [0.5, 0.6) is 5.75 Å². The molecule has 0 saturated heterocycles. The number of hydrazone groups is 1. The van der Waals surface area contributed by atoms with E-state index in [1.165, 1.54) is 43.5 Å². The molecule has 2 atom stereocenters. The average molecular weight is 736 g/mol. The zero-order chi connectivity index (χ0) is 36.8. The second-order valence-corrected chi connectivity index (χ2v) is 16.1. The fourth-order valence-electron chi connectivity index (χ4n) is 6.31. The van der Waals surface area contributed by atoms with Crippen molar-refractivity contribution in [1.29, 1.82) is 0 Å². The number of nitrogens with zero attached hydrogens (tertiary/aromatic N) is 2. The maximum absolute atomic E-state index is 14.1. The normalized spacial score (nSPS) is 15.2. The largest absolute Gasteiger partial charge is 0.474 e. The second-order valence-electron chi connectivity index (χ2n) is 13.5. The van der Waals surface area contributed by atoms with Crippen LogP contribution in [0.25, 0.3) is 0 Å². The molecule has 276 valence electrons. The first-order valence-corrected chi connectivity index (χ1v) is 20.7. The van der Waals surface area contributed by atoms with Crippen LogP contribution in [0.4, 0.5) is 11.4 Å². The first kappa shape index (κ1) is 40.1. The van der Waals surface area contributed by atoms with Crippen LogP contribution >= 0.6 is 11.6 Å². The highest BCUT2D eigenvalue weighted by molar-refractivity contribution is 7.91. The second kappa shape index (κ2) is 19.8. The summed E-state index contributed by atoms with van der Waals surface area (Å²) >= 11 is 6.36. The molecular formula is C41H54ClN3O5S. The zero-order valence-corrected chi connectivity index (χ0v) is 32.2. The molecule has 8 nitrogen and oxygen atoms in total. The van der Waals surface area contributed by atoms with Gasteiger partial charge in [-0.25, -0.2) is 8.42 Å². The van der Waals surface area contributed by atoms with Gasteiger partial charge in [-0.1, -0.05) is 126 Å². The van der Waals surface area contributed by atoms with E-state index in [-0.39, 0.29) is 22.5 Å². The lowest BCUT2D eigenvalue weighted by atomic mass is 10.00. The number of ether oxygens (including phenoxy) is 1. The predicted octanol–water partition coefficient (Wildman–Crippen LogP) is 10.3. The molecule has 0 aromatic heterocycles. The summed E-state index contributed by atoms with van der Waals surface area (Å²) in [6.45, 7) is 8.19. The number of sulfone groups is 1. The van der Waals surface area contributed by atoms with Crippen LogP contribution in [0.3, 0.4) is 0 Å². The molecule has 3 aromatic rings. The molecule has 0 spiro atoms. The van der Waals surface area contributed by atoms with Crippen molar-refractivity contribution in [2.45, 2.75) is 122 Å². The van der Waals surface area contributed by atoms with E-state index in [2.05, 4.69) is 12.2 Å². The summed E-state index contributed by atoms with van der Waals surface area (Å²) in [5.41, 5.74) is 2.63. The molecule has 10 heteroatoms. The Balaban J connectivity index is 1.53. The fourth-order valence-corrected chi connectivity index (χ4v) is 7.85. The third kappa shape index (κ3) is 11.4. The summed E-state index contributed by atoms with van der Waals surface area (Å²) < 4.78 is 32.7. The summed E-state index contributed by atoms with van der Waals surface area (Å²) in [5, 5.41) is 9.34. The Hall–Kier alpha value is -3.69. The molecule has 2 unspecified atom stereocenters. The van der Waals surface area contributed by atoms with Gasteiger partial charge in [0.25, 0.3) is 5.91 Å². The Labute approximate surface area is 309 Å². The van der Waals surface area contributed by atoms with Gasteiger partial charge in [0.1, 0.15) is 11.5 Å². The molecule has 0 radical (unpaired) electrons. The van der Waals surface area contributed by atoms with E-state index in [4.69, 9.17) is 21.4 Å². The van der Waals surface area contributed by atoms with Crippen molar-refractivity contribution in [3.05, 3.63) is 82.9 Å². The predicted molar refractivity (Wildman–Crippen MR) is 209 cm³/mol. The van der Waals surface area contributed by atoms with Crippen LogP contribution in [-0.4, -0.2) is 37.8 Å². The van der Waals surface area contributed by atoms with E-state index < -0.39 is 21.8 Å². The van der Waals surface area contributed by atoms with E-state index in [1.807, 2.05) is 32.9 Å². The lowest BCUT2D eigenvalue weighted by Gasteiger charge is -2.21.